The van der Waals surface area contributed by atoms with Crippen molar-refractivity contribution in [3.05, 3.63) is 24.0 Å². The van der Waals surface area contributed by atoms with Crippen molar-refractivity contribution >= 4 is 17.8 Å². The van der Waals surface area contributed by atoms with Crippen molar-refractivity contribution in [1.82, 2.24) is 5.32 Å². The molecule has 0 rings (SSSR count). The monoisotopic (exact) mass is 144 g/mol. The second-order valence-corrected chi connectivity index (χ2v) is 1.89. The van der Waals surface area contributed by atoms with E-state index >= 15 is 0 Å². The minimum atomic E-state index is 0.395. The van der Waals surface area contributed by atoms with Crippen molar-refractivity contribution in [3.8, 4) is 0 Å². The number of halogens is 1. The van der Waals surface area contributed by atoms with Gasteiger partial charge in [0.2, 0.25) is 0 Å². The van der Waals surface area contributed by atoms with Gasteiger partial charge in [0.05, 0.1) is 5.03 Å². The minimum absolute atomic E-state index is 0.395. The van der Waals surface area contributed by atoms with Crippen molar-refractivity contribution < 1.29 is 0 Å². The van der Waals surface area contributed by atoms with Gasteiger partial charge in [-0.25, -0.2) is 4.99 Å². The van der Waals surface area contributed by atoms with Gasteiger partial charge in [0.25, 0.3) is 0 Å². The van der Waals surface area contributed by atoms with Crippen LogP contribution >= 0.6 is 11.6 Å². The first-order valence-corrected chi connectivity index (χ1v) is 2.79. The molecule has 0 aromatic rings. The molecule has 0 atom stereocenters. The molecule has 9 heavy (non-hydrogen) atoms. The predicted molar refractivity (Wildman–Crippen MR) is 41.7 cm³/mol. The third-order valence-corrected chi connectivity index (χ3v) is 0.747. The van der Waals surface area contributed by atoms with Crippen LogP contribution in [0.1, 0.15) is 0 Å². The molecule has 0 aliphatic heterocycles. The fourth-order valence-electron chi connectivity index (χ4n) is 0.213. The van der Waals surface area contributed by atoms with Crippen LogP contribution in [0.15, 0.2) is 29.0 Å². The summed E-state index contributed by atoms with van der Waals surface area (Å²) < 4.78 is 0. The van der Waals surface area contributed by atoms with Crippen LogP contribution in [-0.4, -0.2) is 13.3 Å². The van der Waals surface area contributed by atoms with Gasteiger partial charge in [-0.2, -0.15) is 0 Å². The van der Waals surface area contributed by atoms with Gasteiger partial charge in [0.1, 0.15) is 5.82 Å². The van der Waals surface area contributed by atoms with Crippen molar-refractivity contribution in [1.29, 1.82) is 0 Å². The van der Waals surface area contributed by atoms with E-state index in [1.54, 1.807) is 7.05 Å². The Kier molecular flexibility index (Phi) is 3.80. The Bertz CT molecular complexity index is 149. The Hall–Kier alpha value is -0.760. The molecule has 0 bridgehead atoms. The van der Waals surface area contributed by atoms with E-state index in [2.05, 4.69) is 23.5 Å². The molecule has 0 spiro atoms. The van der Waals surface area contributed by atoms with Crippen LogP contribution in [0.5, 0.6) is 0 Å². The lowest BCUT2D eigenvalue weighted by molar-refractivity contribution is 0.977. The van der Waals surface area contributed by atoms with E-state index in [1.165, 1.54) is 6.21 Å². The molecule has 0 radical (unpaired) electrons. The average Bonchev–Trinajstić information content (AvgIpc) is 1.83. The van der Waals surface area contributed by atoms with Gasteiger partial charge in [-0.05, 0) is 0 Å². The van der Waals surface area contributed by atoms with E-state index in [1.807, 2.05) is 0 Å². The second kappa shape index (κ2) is 4.15. The molecule has 0 aromatic carbocycles. The summed E-state index contributed by atoms with van der Waals surface area (Å²) in [7, 11) is 1.73. The Morgan fingerprint density at radius 3 is 2.56 bits per heavy atom. The average molecular weight is 145 g/mol. The summed E-state index contributed by atoms with van der Waals surface area (Å²) >= 11 is 5.37. The fourth-order valence-corrected chi connectivity index (χ4v) is 0.261. The molecule has 0 unspecified atom stereocenters. The highest BCUT2D eigenvalue weighted by Gasteiger charge is 1.79. The van der Waals surface area contributed by atoms with Crippen molar-refractivity contribution in [2.75, 3.05) is 7.05 Å². The molecule has 50 valence electrons. The van der Waals surface area contributed by atoms with Crippen LogP contribution in [0, 0.1) is 0 Å². The van der Waals surface area contributed by atoms with Gasteiger partial charge >= 0.3 is 0 Å². The number of hydrogen-bond donors (Lipinski definition) is 1. The molecule has 0 aliphatic carbocycles. The maximum atomic E-state index is 5.37. The van der Waals surface area contributed by atoms with Crippen LogP contribution < -0.4 is 5.32 Å². The third-order valence-electron chi connectivity index (χ3n) is 0.649. The van der Waals surface area contributed by atoms with Gasteiger partial charge in [-0.3, -0.25) is 0 Å². The number of nitrogens with one attached hydrogen (secondary N) is 1. The predicted octanol–water partition coefficient (Wildman–Crippen LogP) is 1.50. The molecule has 0 aromatic heterocycles. The first-order valence-electron chi connectivity index (χ1n) is 2.42. The smallest absolute Gasteiger partial charge is 0.118 e. The maximum absolute atomic E-state index is 5.37. The lowest BCUT2D eigenvalue weighted by Crippen LogP contribution is -2.00. The van der Waals surface area contributed by atoms with Gasteiger partial charge < -0.3 is 5.32 Å². The molecular weight excluding hydrogens is 136 g/mol. The summed E-state index contributed by atoms with van der Waals surface area (Å²) in [6.07, 6.45) is 1.43. The van der Waals surface area contributed by atoms with Crippen LogP contribution in [0.4, 0.5) is 0 Å². The van der Waals surface area contributed by atoms with Gasteiger partial charge in [0.15, 0.2) is 0 Å². The number of allylic oxidation sites excluding steroid dienone is 1. The van der Waals surface area contributed by atoms with E-state index < -0.39 is 0 Å². The molecule has 0 saturated heterocycles. The Labute approximate surface area is 59.9 Å². The van der Waals surface area contributed by atoms with Gasteiger partial charge in [0, 0.05) is 13.3 Å². The first kappa shape index (κ1) is 8.24. The summed E-state index contributed by atoms with van der Waals surface area (Å²) in [4.78, 5) is 3.78. The lowest BCUT2D eigenvalue weighted by Gasteiger charge is -1.92. The van der Waals surface area contributed by atoms with Crippen molar-refractivity contribution in [2.24, 2.45) is 4.99 Å². The van der Waals surface area contributed by atoms with Crippen molar-refractivity contribution in [3.63, 3.8) is 0 Å². The SMILES string of the molecule is C=C(Cl)C=NC(=C)NC. The van der Waals surface area contributed by atoms with Gasteiger partial charge in [-0.1, -0.05) is 24.8 Å². The normalized spacial score (nSPS) is 9.56. The van der Waals surface area contributed by atoms with Crippen LogP contribution in [0.2, 0.25) is 0 Å². The lowest BCUT2D eigenvalue weighted by atomic mass is 10.7. The zero-order valence-electron chi connectivity index (χ0n) is 5.32. The van der Waals surface area contributed by atoms with E-state index in [0.29, 0.717) is 10.9 Å². The number of hydrogen-bond acceptors (Lipinski definition) is 2. The highest BCUT2D eigenvalue weighted by Crippen LogP contribution is 1.92. The Morgan fingerprint density at radius 1 is 1.67 bits per heavy atom. The third kappa shape index (κ3) is 5.11. The van der Waals surface area contributed by atoms with E-state index in [-0.39, 0.29) is 0 Å². The molecule has 0 amide bonds. The summed E-state index contributed by atoms with van der Waals surface area (Å²) in [6.45, 7) is 6.94. The number of aliphatic imine (C=N–C) groups is 1. The molecule has 0 aliphatic rings. The highest BCUT2D eigenvalue weighted by atomic mass is 35.5. The molecule has 3 heteroatoms. The Balaban J connectivity index is 3.71. The summed E-state index contributed by atoms with van der Waals surface area (Å²) in [5, 5.41) is 3.12. The summed E-state index contributed by atoms with van der Waals surface area (Å²) in [5.41, 5.74) is 0. The standard InChI is InChI=1S/C6H9ClN2/c1-5(7)4-9-6(2)8-3/h4,8H,1-2H2,3H3. The summed E-state index contributed by atoms with van der Waals surface area (Å²) in [6, 6.07) is 0. The quantitative estimate of drug-likeness (QED) is 0.597. The van der Waals surface area contributed by atoms with Crippen LogP contribution in [0.3, 0.4) is 0 Å². The fraction of sp³-hybridized carbons (Fsp3) is 0.167. The zero-order valence-corrected chi connectivity index (χ0v) is 6.07. The van der Waals surface area contributed by atoms with E-state index in [9.17, 15) is 0 Å². The number of nitrogens with zero attached hydrogens (tertiary/aromatic N) is 1. The van der Waals surface area contributed by atoms with E-state index in [4.69, 9.17) is 11.6 Å². The molecule has 0 fully saturated rings. The first-order chi connectivity index (χ1) is 4.16. The second-order valence-electron chi connectivity index (χ2n) is 1.40. The van der Waals surface area contributed by atoms with Gasteiger partial charge in [-0.15, -0.1) is 0 Å². The highest BCUT2D eigenvalue weighted by molar-refractivity contribution is 6.38. The minimum Gasteiger partial charge on any atom is -0.374 e. The molecule has 0 saturated carbocycles. The number of rotatable bonds is 3. The largest absolute Gasteiger partial charge is 0.374 e. The topological polar surface area (TPSA) is 24.4 Å². The molecule has 1 N–H and O–H groups in total. The van der Waals surface area contributed by atoms with Crippen LogP contribution in [0.25, 0.3) is 0 Å². The van der Waals surface area contributed by atoms with Crippen molar-refractivity contribution in [2.45, 2.75) is 0 Å². The Morgan fingerprint density at radius 2 is 2.22 bits per heavy atom. The molecule has 2 nitrogen and oxygen atoms in total. The molecular formula is C6H9ClN2. The maximum Gasteiger partial charge on any atom is 0.118 e. The molecule has 0 heterocycles. The zero-order chi connectivity index (χ0) is 7.28. The van der Waals surface area contributed by atoms with E-state index in [0.717, 1.165) is 0 Å². The summed E-state index contributed by atoms with van der Waals surface area (Å²) in [5.74, 6) is 0.566. The van der Waals surface area contributed by atoms with Crippen LogP contribution in [-0.2, 0) is 0 Å².